The second-order valence-electron chi connectivity index (χ2n) is 3.36. The third kappa shape index (κ3) is 2.96. The molecule has 17 heavy (non-hydrogen) atoms. The van der Waals surface area contributed by atoms with Gasteiger partial charge in [0.05, 0.1) is 5.02 Å². The second kappa shape index (κ2) is 5.17. The summed E-state index contributed by atoms with van der Waals surface area (Å²) in [6, 6.07) is 10.2. The molecular weight excluding hydrogens is 259 g/mol. The lowest BCUT2D eigenvalue weighted by Gasteiger charge is -2.05. The first kappa shape index (κ1) is 11.9. The Balaban J connectivity index is 2.02. The third-order valence-electron chi connectivity index (χ3n) is 2.16. The van der Waals surface area contributed by atoms with Crippen LogP contribution in [0, 0.1) is 17.1 Å². The zero-order valence-corrected chi connectivity index (χ0v) is 10.3. The fourth-order valence-corrected chi connectivity index (χ4v) is 2.25. The van der Waals surface area contributed by atoms with Crippen LogP contribution in [-0.4, -0.2) is 0 Å². The third-order valence-corrected chi connectivity index (χ3v) is 3.44. The lowest BCUT2D eigenvalue weighted by atomic mass is 10.3. The number of anilines is 1. The molecule has 5 heteroatoms. The van der Waals surface area contributed by atoms with E-state index in [1.807, 2.05) is 6.07 Å². The van der Waals surface area contributed by atoms with Crippen LogP contribution in [0.15, 0.2) is 30.3 Å². The molecule has 0 bridgehead atoms. The van der Waals surface area contributed by atoms with Crippen LogP contribution in [0.1, 0.15) is 9.75 Å². The van der Waals surface area contributed by atoms with Gasteiger partial charge in [0.2, 0.25) is 0 Å². The summed E-state index contributed by atoms with van der Waals surface area (Å²) in [6.45, 7) is 0.592. The molecule has 0 saturated heterocycles. The summed E-state index contributed by atoms with van der Waals surface area (Å²) in [5.41, 5.74) is 0.753. The smallest absolute Gasteiger partial charge is 0.141 e. The van der Waals surface area contributed by atoms with Crippen LogP contribution >= 0.6 is 22.9 Å². The number of hydrogen-bond acceptors (Lipinski definition) is 3. The van der Waals surface area contributed by atoms with Crippen LogP contribution in [-0.2, 0) is 6.54 Å². The van der Waals surface area contributed by atoms with Gasteiger partial charge < -0.3 is 5.32 Å². The van der Waals surface area contributed by atoms with Gasteiger partial charge in [-0.05, 0) is 30.3 Å². The van der Waals surface area contributed by atoms with Crippen LogP contribution in [0.2, 0.25) is 5.02 Å². The van der Waals surface area contributed by atoms with Gasteiger partial charge in [0.15, 0.2) is 0 Å². The van der Waals surface area contributed by atoms with Crippen molar-refractivity contribution in [3.63, 3.8) is 0 Å². The number of halogens is 2. The normalized spacial score (nSPS) is 9.94. The molecule has 86 valence electrons. The van der Waals surface area contributed by atoms with Crippen molar-refractivity contribution in [2.75, 3.05) is 5.32 Å². The number of rotatable bonds is 3. The minimum atomic E-state index is -0.430. The van der Waals surface area contributed by atoms with Crippen LogP contribution < -0.4 is 5.32 Å². The molecule has 0 amide bonds. The topological polar surface area (TPSA) is 35.8 Å². The van der Waals surface area contributed by atoms with Gasteiger partial charge in [0.1, 0.15) is 16.8 Å². The molecule has 0 spiro atoms. The molecule has 1 aromatic heterocycles. The summed E-state index contributed by atoms with van der Waals surface area (Å²) < 4.78 is 12.9. The quantitative estimate of drug-likeness (QED) is 0.911. The lowest BCUT2D eigenvalue weighted by molar-refractivity contribution is 0.628. The Hall–Kier alpha value is -1.57. The van der Waals surface area contributed by atoms with Crippen molar-refractivity contribution < 1.29 is 4.39 Å². The average molecular weight is 267 g/mol. The minimum Gasteiger partial charge on any atom is -0.380 e. The molecule has 0 radical (unpaired) electrons. The van der Waals surface area contributed by atoms with Crippen molar-refractivity contribution in [3.8, 4) is 6.07 Å². The van der Waals surface area contributed by atoms with E-state index in [0.717, 1.165) is 10.6 Å². The molecule has 1 N–H and O–H groups in total. The van der Waals surface area contributed by atoms with Gasteiger partial charge in [0, 0.05) is 17.1 Å². The predicted octanol–water partition coefficient (Wildman–Crippen LogP) is 4.02. The molecular formula is C12H8ClFN2S. The molecule has 0 aliphatic carbocycles. The first-order chi connectivity index (χ1) is 8.19. The number of hydrogen-bond donors (Lipinski definition) is 1. The number of nitriles is 1. The first-order valence-corrected chi connectivity index (χ1v) is 6.06. The molecule has 2 rings (SSSR count). The van der Waals surface area contributed by atoms with Crippen molar-refractivity contribution in [1.29, 1.82) is 5.26 Å². The largest absolute Gasteiger partial charge is 0.380 e. The SMILES string of the molecule is N#Cc1ccc(CNc2ccc(F)c(Cl)c2)s1. The Bertz CT molecular complexity index is 574. The van der Waals surface area contributed by atoms with E-state index in [9.17, 15) is 4.39 Å². The van der Waals surface area contributed by atoms with E-state index in [0.29, 0.717) is 11.4 Å². The highest BCUT2D eigenvalue weighted by Gasteiger charge is 2.02. The highest BCUT2D eigenvalue weighted by Crippen LogP contribution is 2.21. The van der Waals surface area contributed by atoms with E-state index >= 15 is 0 Å². The van der Waals surface area contributed by atoms with E-state index in [-0.39, 0.29) is 5.02 Å². The average Bonchev–Trinajstić information content (AvgIpc) is 2.79. The molecule has 0 aliphatic heterocycles. The summed E-state index contributed by atoms with van der Waals surface area (Å²) in [5.74, 6) is -0.430. The second-order valence-corrected chi connectivity index (χ2v) is 4.94. The zero-order chi connectivity index (χ0) is 12.3. The van der Waals surface area contributed by atoms with Gasteiger partial charge >= 0.3 is 0 Å². The van der Waals surface area contributed by atoms with E-state index in [2.05, 4.69) is 11.4 Å². The van der Waals surface area contributed by atoms with Gasteiger partial charge in [-0.2, -0.15) is 5.26 Å². The van der Waals surface area contributed by atoms with Crippen molar-refractivity contribution in [2.45, 2.75) is 6.54 Å². The van der Waals surface area contributed by atoms with Gasteiger partial charge in [-0.1, -0.05) is 11.6 Å². The van der Waals surface area contributed by atoms with E-state index in [1.165, 1.54) is 23.5 Å². The van der Waals surface area contributed by atoms with Crippen molar-refractivity contribution in [1.82, 2.24) is 0 Å². The number of benzene rings is 1. The first-order valence-electron chi connectivity index (χ1n) is 4.87. The predicted molar refractivity (Wildman–Crippen MR) is 67.8 cm³/mol. The molecule has 1 aromatic carbocycles. The van der Waals surface area contributed by atoms with Crippen LogP contribution in [0.25, 0.3) is 0 Å². The maximum atomic E-state index is 12.9. The summed E-state index contributed by atoms with van der Waals surface area (Å²) >= 11 is 7.10. The Kier molecular flexibility index (Phi) is 3.62. The van der Waals surface area contributed by atoms with Crippen molar-refractivity contribution in [2.24, 2.45) is 0 Å². The monoisotopic (exact) mass is 266 g/mol. The van der Waals surface area contributed by atoms with Gasteiger partial charge in [0.25, 0.3) is 0 Å². The minimum absolute atomic E-state index is 0.0962. The van der Waals surface area contributed by atoms with E-state index in [4.69, 9.17) is 16.9 Å². The number of thiophene rings is 1. The molecule has 0 aliphatic rings. The van der Waals surface area contributed by atoms with E-state index < -0.39 is 5.82 Å². The molecule has 2 nitrogen and oxygen atoms in total. The summed E-state index contributed by atoms with van der Waals surface area (Å²) in [4.78, 5) is 1.72. The lowest BCUT2D eigenvalue weighted by Crippen LogP contribution is -1.97. The molecule has 0 saturated carbocycles. The van der Waals surface area contributed by atoms with Crippen molar-refractivity contribution >= 4 is 28.6 Å². The van der Waals surface area contributed by atoms with Gasteiger partial charge in [-0.25, -0.2) is 4.39 Å². The van der Waals surface area contributed by atoms with Crippen molar-refractivity contribution in [3.05, 3.63) is 50.9 Å². The van der Waals surface area contributed by atoms with Crippen LogP contribution in [0.5, 0.6) is 0 Å². The summed E-state index contributed by atoms with van der Waals surface area (Å²) in [6.07, 6.45) is 0. The van der Waals surface area contributed by atoms with Crippen LogP contribution in [0.4, 0.5) is 10.1 Å². The van der Waals surface area contributed by atoms with Gasteiger partial charge in [-0.3, -0.25) is 0 Å². The fourth-order valence-electron chi connectivity index (χ4n) is 1.33. The fraction of sp³-hybridized carbons (Fsp3) is 0.0833. The number of nitrogens with one attached hydrogen (secondary N) is 1. The zero-order valence-electron chi connectivity index (χ0n) is 8.71. The Morgan fingerprint density at radius 1 is 1.35 bits per heavy atom. The Morgan fingerprint density at radius 2 is 2.18 bits per heavy atom. The molecule has 0 fully saturated rings. The molecule has 2 aromatic rings. The maximum Gasteiger partial charge on any atom is 0.141 e. The highest BCUT2D eigenvalue weighted by molar-refractivity contribution is 7.12. The maximum absolute atomic E-state index is 12.9. The van der Waals surface area contributed by atoms with Crippen LogP contribution in [0.3, 0.4) is 0 Å². The highest BCUT2D eigenvalue weighted by atomic mass is 35.5. The Morgan fingerprint density at radius 3 is 2.82 bits per heavy atom. The van der Waals surface area contributed by atoms with E-state index in [1.54, 1.807) is 12.1 Å². The molecule has 1 heterocycles. The molecule has 0 unspecified atom stereocenters. The van der Waals surface area contributed by atoms with Gasteiger partial charge in [-0.15, -0.1) is 11.3 Å². The Labute approximate surface area is 107 Å². The molecule has 0 atom stereocenters. The standard InChI is InChI=1S/C12H8ClFN2S/c13-11-5-8(1-4-12(11)14)16-7-10-3-2-9(6-15)17-10/h1-5,16H,7H2. The summed E-state index contributed by atoms with van der Waals surface area (Å²) in [7, 11) is 0. The number of nitrogens with zero attached hydrogens (tertiary/aromatic N) is 1. The summed E-state index contributed by atoms with van der Waals surface area (Å²) in [5, 5.41) is 11.9.